The first kappa shape index (κ1) is 22.9. The van der Waals surface area contributed by atoms with Gasteiger partial charge in [-0.25, -0.2) is 4.68 Å². The molecule has 1 fully saturated rings. The molecule has 2 aromatic carbocycles. The molecule has 2 heterocycles. The van der Waals surface area contributed by atoms with Gasteiger partial charge in [0.1, 0.15) is 5.72 Å². The van der Waals surface area contributed by atoms with E-state index in [9.17, 15) is 0 Å². The molecule has 34 heavy (non-hydrogen) atoms. The Morgan fingerprint density at radius 2 is 1.76 bits per heavy atom. The Bertz CT molecular complexity index is 1060. The number of rotatable bonds is 9. The summed E-state index contributed by atoms with van der Waals surface area (Å²) in [6.45, 7) is 4.33. The zero-order valence-electron chi connectivity index (χ0n) is 20.0. The van der Waals surface area contributed by atoms with Gasteiger partial charge in [0.15, 0.2) is 0 Å². The van der Waals surface area contributed by atoms with Crippen LogP contribution in [0.15, 0.2) is 54.6 Å². The van der Waals surface area contributed by atoms with Gasteiger partial charge in [0, 0.05) is 25.2 Å². The number of nitrogens with one attached hydrogen (secondary N) is 1. The molecule has 0 amide bonds. The molecule has 0 radical (unpaired) electrons. The van der Waals surface area contributed by atoms with E-state index in [0.717, 1.165) is 38.9 Å². The van der Waals surface area contributed by atoms with Crippen molar-refractivity contribution in [1.29, 1.82) is 0 Å². The van der Waals surface area contributed by atoms with Crippen LogP contribution in [0.3, 0.4) is 0 Å². The molecular weight excluding hydrogens is 424 g/mol. The van der Waals surface area contributed by atoms with E-state index in [0.29, 0.717) is 19.1 Å². The summed E-state index contributed by atoms with van der Waals surface area (Å²) < 4.78 is 8.66. The normalized spacial score (nSPS) is 20.7. The monoisotopic (exact) mass is 460 g/mol. The van der Waals surface area contributed by atoms with Crippen molar-refractivity contribution in [3.05, 3.63) is 71.3 Å². The van der Waals surface area contributed by atoms with Gasteiger partial charge in [0.2, 0.25) is 11.9 Å². The highest BCUT2D eigenvalue weighted by Gasteiger charge is 2.43. The summed E-state index contributed by atoms with van der Waals surface area (Å²) in [6.07, 6.45) is 8.11. The van der Waals surface area contributed by atoms with Crippen LogP contribution >= 0.6 is 0 Å². The van der Waals surface area contributed by atoms with E-state index >= 15 is 0 Å². The van der Waals surface area contributed by atoms with Crippen molar-refractivity contribution in [1.82, 2.24) is 19.7 Å². The Morgan fingerprint density at radius 1 is 0.971 bits per heavy atom. The number of aromatic nitrogens is 3. The average molecular weight is 461 g/mol. The lowest BCUT2D eigenvalue weighted by Gasteiger charge is -2.48. The van der Waals surface area contributed by atoms with Crippen molar-refractivity contribution < 1.29 is 4.74 Å². The summed E-state index contributed by atoms with van der Waals surface area (Å²) in [5, 5.41) is 7.78. The van der Waals surface area contributed by atoms with E-state index in [1.54, 1.807) is 0 Å². The van der Waals surface area contributed by atoms with Crippen LogP contribution in [0, 0.1) is 0 Å². The predicted molar refractivity (Wildman–Crippen MR) is 136 cm³/mol. The van der Waals surface area contributed by atoms with Crippen molar-refractivity contribution in [2.75, 3.05) is 37.3 Å². The fourth-order valence-electron chi connectivity index (χ4n) is 5.47. The molecule has 1 aliphatic heterocycles. The number of ether oxygens (including phenoxy) is 1. The van der Waals surface area contributed by atoms with Crippen molar-refractivity contribution in [2.45, 2.75) is 57.2 Å². The van der Waals surface area contributed by atoms with Gasteiger partial charge >= 0.3 is 0 Å². The van der Waals surface area contributed by atoms with Crippen LogP contribution < -0.4 is 11.1 Å². The predicted octanol–water partition coefficient (Wildman–Crippen LogP) is 4.40. The molecule has 0 spiro atoms. The van der Waals surface area contributed by atoms with Crippen molar-refractivity contribution in [3.8, 4) is 0 Å². The van der Waals surface area contributed by atoms with Gasteiger partial charge in [-0.05, 0) is 49.7 Å². The number of piperidine rings is 1. The summed E-state index contributed by atoms with van der Waals surface area (Å²) in [5.74, 6) is 0.993. The summed E-state index contributed by atoms with van der Waals surface area (Å²) in [7, 11) is 0. The molecule has 0 bridgehead atoms. The Balaban J connectivity index is 1.22. The number of fused-ring (bicyclic) bond motifs is 1. The number of aryl methyl sites for hydroxylation is 1. The van der Waals surface area contributed by atoms with E-state index < -0.39 is 0 Å². The van der Waals surface area contributed by atoms with Gasteiger partial charge in [0.05, 0.1) is 13.2 Å². The maximum absolute atomic E-state index is 6.82. The summed E-state index contributed by atoms with van der Waals surface area (Å²) in [6, 6.07) is 19.1. The molecule has 1 saturated heterocycles. The van der Waals surface area contributed by atoms with E-state index in [2.05, 4.69) is 56.7 Å². The van der Waals surface area contributed by atoms with Gasteiger partial charge in [0.25, 0.3) is 0 Å². The molecule has 2 aliphatic rings. The second kappa shape index (κ2) is 10.6. The first-order valence-corrected chi connectivity index (χ1v) is 12.7. The number of nitrogen functional groups attached to an aromatic ring is 1. The van der Waals surface area contributed by atoms with Gasteiger partial charge < -0.3 is 15.8 Å². The SMILES string of the molecule is Nc1nc(NCCCOC2(N3CCCCC3)CCCc3ccccc32)n(Cc2ccccc2)n1. The third-order valence-corrected chi connectivity index (χ3v) is 7.08. The Morgan fingerprint density at radius 3 is 2.62 bits per heavy atom. The number of nitrogens with zero attached hydrogens (tertiary/aromatic N) is 4. The fourth-order valence-corrected chi connectivity index (χ4v) is 5.47. The van der Waals surface area contributed by atoms with Crippen LogP contribution in [0.2, 0.25) is 0 Å². The highest BCUT2D eigenvalue weighted by atomic mass is 16.5. The molecular formula is C27H36N6O. The number of hydrogen-bond donors (Lipinski definition) is 2. The minimum atomic E-state index is -0.285. The van der Waals surface area contributed by atoms with Crippen LogP contribution in [0.5, 0.6) is 0 Å². The number of likely N-dealkylation sites (tertiary alicyclic amines) is 1. The molecule has 180 valence electrons. The largest absolute Gasteiger partial charge is 0.366 e. The third kappa shape index (κ3) is 4.95. The molecule has 7 heteroatoms. The average Bonchev–Trinajstić information content (AvgIpc) is 3.23. The Kier molecular flexibility index (Phi) is 7.11. The van der Waals surface area contributed by atoms with Crippen molar-refractivity contribution >= 4 is 11.9 Å². The minimum Gasteiger partial charge on any atom is -0.366 e. The van der Waals surface area contributed by atoms with Crippen LogP contribution in [0.1, 0.15) is 55.2 Å². The zero-order chi connectivity index (χ0) is 23.2. The molecule has 5 rings (SSSR count). The van der Waals surface area contributed by atoms with Crippen molar-refractivity contribution in [2.24, 2.45) is 0 Å². The molecule has 7 nitrogen and oxygen atoms in total. The molecule has 0 saturated carbocycles. The quantitative estimate of drug-likeness (QED) is 0.461. The number of nitrogens with two attached hydrogens (primary N) is 1. The second-order valence-electron chi connectivity index (χ2n) is 9.41. The highest BCUT2D eigenvalue weighted by Crippen LogP contribution is 2.42. The van der Waals surface area contributed by atoms with Crippen LogP contribution in [-0.2, 0) is 23.4 Å². The van der Waals surface area contributed by atoms with Gasteiger partial charge in [-0.2, -0.15) is 4.98 Å². The van der Waals surface area contributed by atoms with E-state index in [-0.39, 0.29) is 11.7 Å². The lowest BCUT2D eigenvalue weighted by molar-refractivity contribution is -0.180. The fraction of sp³-hybridized carbons (Fsp3) is 0.481. The van der Waals surface area contributed by atoms with Gasteiger partial charge in [-0.1, -0.05) is 61.0 Å². The van der Waals surface area contributed by atoms with E-state index in [4.69, 9.17) is 10.5 Å². The maximum Gasteiger partial charge on any atom is 0.241 e. The number of anilines is 2. The van der Waals surface area contributed by atoms with E-state index in [1.165, 1.54) is 42.4 Å². The number of hydrogen-bond acceptors (Lipinski definition) is 6. The van der Waals surface area contributed by atoms with Gasteiger partial charge in [-0.3, -0.25) is 4.90 Å². The summed E-state index contributed by atoms with van der Waals surface area (Å²) >= 11 is 0. The molecule has 3 N–H and O–H groups in total. The highest BCUT2D eigenvalue weighted by molar-refractivity contribution is 5.35. The molecule has 1 aromatic heterocycles. The van der Waals surface area contributed by atoms with Crippen LogP contribution in [-0.4, -0.2) is 45.9 Å². The molecule has 1 atom stereocenters. The van der Waals surface area contributed by atoms with Gasteiger partial charge in [-0.15, -0.1) is 5.10 Å². The maximum atomic E-state index is 6.82. The first-order valence-electron chi connectivity index (χ1n) is 12.7. The summed E-state index contributed by atoms with van der Waals surface area (Å²) in [5.41, 5.74) is 9.60. The molecule has 3 aromatic rings. The van der Waals surface area contributed by atoms with Crippen LogP contribution in [0.4, 0.5) is 11.9 Å². The Hall–Kier alpha value is -2.90. The Labute approximate surface area is 202 Å². The standard InChI is InChI=1S/C27H36N6O/c28-25-30-26(33(31-25)21-22-11-3-1-4-12-22)29-17-10-20-34-27(32-18-7-2-8-19-32)16-9-14-23-13-5-6-15-24(23)27/h1,3-6,11-13,15H,2,7-10,14,16-21H2,(H3,28,29,30,31). The smallest absolute Gasteiger partial charge is 0.241 e. The molecule has 1 unspecified atom stereocenters. The zero-order valence-corrected chi connectivity index (χ0v) is 20.0. The number of benzene rings is 2. The van der Waals surface area contributed by atoms with Crippen LogP contribution in [0.25, 0.3) is 0 Å². The summed E-state index contributed by atoms with van der Waals surface area (Å²) in [4.78, 5) is 6.99. The topological polar surface area (TPSA) is 81.2 Å². The lowest BCUT2D eigenvalue weighted by Crippen LogP contribution is -2.52. The second-order valence-corrected chi connectivity index (χ2v) is 9.41. The van der Waals surface area contributed by atoms with E-state index in [1.807, 2.05) is 22.9 Å². The first-order chi connectivity index (χ1) is 16.7. The van der Waals surface area contributed by atoms with Crippen molar-refractivity contribution in [3.63, 3.8) is 0 Å². The lowest BCUT2D eigenvalue weighted by atomic mass is 9.82. The third-order valence-electron chi connectivity index (χ3n) is 7.08. The molecule has 1 aliphatic carbocycles. The minimum absolute atomic E-state index is 0.285.